The Morgan fingerprint density at radius 3 is 2.66 bits per heavy atom. The lowest BCUT2D eigenvalue weighted by Gasteiger charge is -2.32. The molecule has 4 heterocycles. The molecule has 7 heteroatoms. The molecular weight excluding hydrogens is 364 g/mol. The Labute approximate surface area is 173 Å². The van der Waals surface area contributed by atoms with Gasteiger partial charge in [-0.05, 0) is 63.4 Å². The summed E-state index contributed by atoms with van der Waals surface area (Å²) < 4.78 is 1.99. The Balaban J connectivity index is 1.29. The van der Waals surface area contributed by atoms with Crippen LogP contribution in [0.3, 0.4) is 0 Å². The molecule has 0 aromatic carbocycles. The first-order valence-corrected chi connectivity index (χ1v) is 10.7. The highest BCUT2D eigenvalue weighted by Gasteiger charge is 2.25. The molecule has 2 fully saturated rings. The number of nitrogens with zero attached hydrogens (tertiary/aromatic N) is 6. The third-order valence-electron chi connectivity index (χ3n) is 6.45. The number of likely N-dealkylation sites (N-methyl/N-ethyl adjacent to an activating group) is 2. The van der Waals surface area contributed by atoms with Crippen LogP contribution in [0.25, 0.3) is 0 Å². The van der Waals surface area contributed by atoms with Crippen LogP contribution in [-0.4, -0.2) is 76.8 Å². The zero-order chi connectivity index (χ0) is 20.2. The molecule has 0 radical (unpaired) electrons. The van der Waals surface area contributed by atoms with Crippen LogP contribution < -0.4 is 4.90 Å². The van der Waals surface area contributed by atoms with Gasteiger partial charge in [0.25, 0.3) is 5.91 Å². The van der Waals surface area contributed by atoms with Crippen molar-refractivity contribution in [2.75, 3.05) is 45.2 Å². The number of carbonyl (C=O) groups excluding carboxylic acids is 1. The molecule has 156 valence electrons. The van der Waals surface area contributed by atoms with Crippen molar-refractivity contribution in [3.63, 3.8) is 0 Å². The first-order valence-electron chi connectivity index (χ1n) is 10.7. The van der Waals surface area contributed by atoms with Crippen LogP contribution in [-0.2, 0) is 6.54 Å². The maximum Gasteiger partial charge on any atom is 0.255 e. The van der Waals surface area contributed by atoms with Crippen LogP contribution in [0.1, 0.15) is 36.0 Å². The van der Waals surface area contributed by atoms with E-state index in [0.29, 0.717) is 17.5 Å². The van der Waals surface area contributed by atoms with Crippen molar-refractivity contribution in [2.24, 2.45) is 5.92 Å². The fourth-order valence-electron chi connectivity index (χ4n) is 4.53. The summed E-state index contributed by atoms with van der Waals surface area (Å²) in [6, 6.07) is 6.45. The van der Waals surface area contributed by atoms with E-state index in [1.165, 1.54) is 19.4 Å². The summed E-state index contributed by atoms with van der Waals surface area (Å²) in [4.78, 5) is 24.0. The zero-order valence-electron chi connectivity index (χ0n) is 17.6. The first-order chi connectivity index (χ1) is 14.1. The number of pyridine rings is 1. The monoisotopic (exact) mass is 396 g/mol. The molecule has 29 heavy (non-hydrogen) atoms. The van der Waals surface area contributed by atoms with Gasteiger partial charge < -0.3 is 14.7 Å². The molecule has 0 aliphatic carbocycles. The number of anilines is 1. The second-order valence-corrected chi connectivity index (χ2v) is 8.53. The summed E-state index contributed by atoms with van der Waals surface area (Å²) in [5.41, 5.74) is 0.686. The molecule has 2 saturated heterocycles. The Morgan fingerprint density at radius 1 is 1.21 bits per heavy atom. The van der Waals surface area contributed by atoms with Crippen molar-refractivity contribution in [3.8, 4) is 0 Å². The Morgan fingerprint density at radius 2 is 2.03 bits per heavy atom. The summed E-state index contributed by atoms with van der Waals surface area (Å²) in [6.07, 6.45) is 10.1. The van der Waals surface area contributed by atoms with Crippen molar-refractivity contribution in [2.45, 2.75) is 38.3 Å². The number of piperidine rings is 1. The lowest BCUT2D eigenvalue weighted by Crippen LogP contribution is -2.39. The smallest absolute Gasteiger partial charge is 0.255 e. The number of rotatable bonds is 6. The topological polar surface area (TPSA) is 57.5 Å². The SMILES string of the molecule is CN(CC1CCCN1C)c1ccc(C(=O)N2CCC(Cn3cccn3)CC2)cn1. The number of carbonyl (C=O) groups is 1. The maximum atomic E-state index is 12.9. The van der Waals surface area contributed by atoms with E-state index < -0.39 is 0 Å². The van der Waals surface area contributed by atoms with Crippen LogP contribution in [0.4, 0.5) is 5.82 Å². The fraction of sp³-hybridized carbons (Fsp3) is 0.591. The Bertz CT molecular complexity index is 782. The van der Waals surface area contributed by atoms with Crippen LogP contribution in [0.15, 0.2) is 36.8 Å². The molecule has 2 aliphatic heterocycles. The molecule has 2 aliphatic rings. The van der Waals surface area contributed by atoms with E-state index in [0.717, 1.165) is 44.8 Å². The normalized spacial score (nSPS) is 20.9. The third-order valence-corrected chi connectivity index (χ3v) is 6.45. The van der Waals surface area contributed by atoms with E-state index in [4.69, 9.17) is 0 Å². The van der Waals surface area contributed by atoms with Crippen molar-refractivity contribution in [1.29, 1.82) is 0 Å². The predicted octanol–water partition coefficient (Wildman–Crippen LogP) is 2.36. The minimum atomic E-state index is 0.0970. The largest absolute Gasteiger partial charge is 0.358 e. The molecule has 0 spiro atoms. The van der Waals surface area contributed by atoms with Crippen LogP contribution >= 0.6 is 0 Å². The van der Waals surface area contributed by atoms with Gasteiger partial charge in [0, 0.05) is 57.9 Å². The third kappa shape index (κ3) is 4.78. The van der Waals surface area contributed by atoms with Gasteiger partial charge in [-0.2, -0.15) is 5.10 Å². The minimum Gasteiger partial charge on any atom is -0.358 e. The van der Waals surface area contributed by atoms with Crippen molar-refractivity contribution < 1.29 is 4.79 Å². The summed E-state index contributed by atoms with van der Waals surface area (Å²) >= 11 is 0. The van der Waals surface area contributed by atoms with E-state index in [1.54, 1.807) is 6.20 Å². The van der Waals surface area contributed by atoms with E-state index in [9.17, 15) is 4.79 Å². The molecule has 0 bridgehead atoms. The highest BCUT2D eigenvalue weighted by molar-refractivity contribution is 5.94. The van der Waals surface area contributed by atoms with Gasteiger partial charge in [-0.1, -0.05) is 0 Å². The maximum absolute atomic E-state index is 12.9. The minimum absolute atomic E-state index is 0.0970. The highest BCUT2D eigenvalue weighted by Crippen LogP contribution is 2.22. The predicted molar refractivity (Wildman–Crippen MR) is 114 cm³/mol. The standard InChI is InChI=1S/C22H32N6O/c1-25-11-3-5-20(25)17-26(2)21-7-6-19(15-23-21)22(29)27-13-8-18(9-14-27)16-28-12-4-10-24-28/h4,6-7,10,12,15,18,20H,3,5,8-9,11,13-14,16-17H2,1-2H3. The molecular formula is C22H32N6O. The van der Waals surface area contributed by atoms with Gasteiger partial charge in [-0.3, -0.25) is 9.48 Å². The van der Waals surface area contributed by atoms with Gasteiger partial charge in [0.2, 0.25) is 0 Å². The second kappa shape index (κ2) is 8.95. The molecule has 0 saturated carbocycles. The van der Waals surface area contributed by atoms with Crippen LogP contribution in [0, 0.1) is 5.92 Å². The van der Waals surface area contributed by atoms with E-state index in [-0.39, 0.29) is 5.91 Å². The van der Waals surface area contributed by atoms with Gasteiger partial charge in [-0.25, -0.2) is 4.98 Å². The van der Waals surface area contributed by atoms with Gasteiger partial charge in [0.05, 0.1) is 5.56 Å². The number of likely N-dealkylation sites (tertiary alicyclic amines) is 2. The lowest BCUT2D eigenvalue weighted by atomic mass is 9.96. The van der Waals surface area contributed by atoms with Crippen molar-refractivity contribution in [1.82, 2.24) is 24.6 Å². The van der Waals surface area contributed by atoms with Crippen LogP contribution in [0.2, 0.25) is 0 Å². The molecule has 1 unspecified atom stereocenters. The number of hydrogen-bond donors (Lipinski definition) is 0. The molecule has 1 atom stereocenters. The zero-order valence-corrected chi connectivity index (χ0v) is 17.6. The average Bonchev–Trinajstić information content (AvgIpc) is 3.40. The Hall–Kier alpha value is -2.41. The summed E-state index contributed by atoms with van der Waals surface area (Å²) in [7, 11) is 4.28. The molecule has 2 aromatic heterocycles. The van der Waals surface area contributed by atoms with Crippen molar-refractivity contribution in [3.05, 3.63) is 42.4 Å². The second-order valence-electron chi connectivity index (χ2n) is 8.53. The van der Waals surface area contributed by atoms with Gasteiger partial charge >= 0.3 is 0 Å². The van der Waals surface area contributed by atoms with E-state index >= 15 is 0 Å². The molecule has 1 amide bonds. The molecule has 4 rings (SSSR count). The van der Waals surface area contributed by atoms with Gasteiger partial charge in [-0.15, -0.1) is 0 Å². The van der Waals surface area contributed by atoms with E-state index in [1.807, 2.05) is 40.2 Å². The van der Waals surface area contributed by atoms with Crippen LogP contribution in [0.5, 0.6) is 0 Å². The lowest BCUT2D eigenvalue weighted by molar-refractivity contribution is 0.0681. The number of hydrogen-bond acceptors (Lipinski definition) is 5. The van der Waals surface area contributed by atoms with E-state index in [2.05, 4.69) is 34.0 Å². The van der Waals surface area contributed by atoms with Crippen molar-refractivity contribution >= 4 is 11.7 Å². The quantitative estimate of drug-likeness (QED) is 0.750. The number of amides is 1. The average molecular weight is 397 g/mol. The first kappa shape index (κ1) is 19.9. The van der Waals surface area contributed by atoms with Gasteiger partial charge in [0.1, 0.15) is 5.82 Å². The summed E-state index contributed by atoms with van der Waals surface area (Å²) in [5, 5.41) is 4.29. The number of aromatic nitrogens is 3. The summed E-state index contributed by atoms with van der Waals surface area (Å²) in [5.74, 6) is 1.61. The molecule has 2 aromatic rings. The highest BCUT2D eigenvalue weighted by atomic mass is 16.2. The summed E-state index contributed by atoms with van der Waals surface area (Å²) in [6.45, 7) is 4.70. The molecule has 7 nitrogen and oxygen atoms in total. The Kier molecular flexibility index (Phi) is 6.13. The fourth-order valence-corrected chi connectivity index (χ4v) is 4.53. The molecule has 0 N–H and O–H groups in total. The van der Waals surface area contributed by atoms with Gasteiger partial charge in [0.15, 0.2) is 0 Å².